The number of rotatable bonds is 9. The number of carbonyl (C=O) groups excluding carboxylic acids is 3. The summed E-state index contributed by atoms with van der Waals surface area (Å²) < 4.78 is 0. The Balaban J connectivity index is 0. The van der Waals surface area contributed by atoms with Gasteiger partial charge in [-0.25, -0.2) is 0 Å². The van der Waals surface area contributed by atoms with E-state index in [1.54, 1.807) is 0 Å². The molecule has 0 aliphatic rings. The van der Waals surface area contributed by atoms with E-state index < -0.39 is 41.7 Å². The third kappa shape index (κ3) is 13.7. The highest BCUT2D eigenvalue weighted by molar-refractivity contribution is 5.84. The molecule has 0 bridgehead atoms. The zero-order valence-electron chi connectivity index (χ0n) is 11.5. The Hall–Kier alpha value is -2.73. The lowest BCUT2D eigenvalue weighted by Gasteiger charge is -2.10. The van der Waals surface area contributed by atoms with E-state index in [4.69, 9.17) is 27.4 Å². The summed E-state index contributed by atoms with van der Waals surface area (Å²) in [6, 6.07) is -2.33. The first-order valence-electron chi connectivity index (χ1n) is 5.76. The lowest BCUT2D eigenvalue weighted by Crippen LogP contribution is -2.43. The van der Waals surface area contributed by atoms with Crippen LogP contribution < -0.4 is 28.3 Å². The number of amides is 3. The molecule has 0 aromatic heterocycles. The smallest absolute Gasteiger partial charge is 0.321 e. The first-order valence-corrected chi connectivity index (χ1v) is 5.76. The molecule has 11 N–H and O–H groups in total. The quantitative estimate of drug-likeness (QED) is 0.216. The number of aliphatic carboxylic acids is 2. The second-order valence-electron chi connectivity index (χ2n) is 4.02. The van der Waals surface area contributed by atoms with Crippen LogP contribution in [0, 0.1) is 0 Å². The van der Waals surface area contributed by atoms with Gasteiger partial charge in [-0.15, -0.1) is 0 Å². The SMILES string of the molecule is NC(=O)CN[C@@H](CC(N)=O)C(=O)O.NC(=O)C[C@H](N)C(=O)O. The minimum absolute atomic E-state index is 0.301. The number of nitrogens with one attached hydrogen (secondary N) is 1. The molecule has 0 spiro atoms. The summed E-state index contributed by atoms with van der Waals surface area (Å²) in [6.45, 7) is -0.301. The van der Waals surface area contributed by atoms with Crippen molar-refractivity contribution in [2.45, 2.75) is 24.9 Å². The molecule has 0 saturated heterocycles. The molecule has 0 radical (unpaired) electrons. The molecule has 0 aliphatic carbocycles. The molecule has 0 heterocycles. The summed E-state index contributed by atoms with van der Waals surface area (Å²) >= 11 is 0. The molecule has 22 heavy (non-hydrogen) atoms. The molecule has 12 nitrogen and oxygen atoms in total. The number of carboxylic acids is 2. The van der Waals surface area contributed by atoms with Gasteiger partial charge < -0.3 is 33.1 Å². The minimum Gasteiger partial charge on any atom is -0.480 e. The van der Waals surface area contributed by atoms with Crippen molar-refractivity contribution in [2.24, 2.45) is 22.9 Å². The predicted molar refractivity (Wildman–Crippen MR) is 71.9 cm³/mol. The standard InChI is InChI=1S/C6H11N3O4.C4H8N2O3/c7-4(10)1-3(6(12)13)9-2-5(8)11;5-2(4(8)9)1-3(6)7/h3,9H,1-2H2,(H2,7,10)(H2,8,11)(H,12,13);2H,1,5H2,(H2,6,7)(H,8,9)/t3-;2-/m00/s1. The summed E-state index contributed by atoms with van der Waals surface area (Å²) in [5, 5.41) is 18.9. The maximum atomic E-state index is 10.4. The van der Waals surface area contributed by atoms with Gasteiger partial charge in [-0.1, -0.05) is 0 Å². The number of primary amides is 3. The van der Waals surface area contributed by atoms with Crippen LogP contribution in [0.4, 0.5) is 0 Å². The van der Waals surface area contributed by atoms with Gasteiger partial charge >= 0.3 is 11.9 Å². The molecule has 126 valence electrons. The third-order valence-electron chi connectivity index (χ3n) is 1.96. The largest absolute Gasteiger partial charge is 0.480 e. The highest BCUT2D eigenvalue weighted by Crippen LogP contribution is 1.90. The van der Waals surface area contributed by atoms with Gasteiger partial charge in [-0.05, 0) is 0 Å². The summed E-state index contributed by atoms with van der Waals surface area (Å²) in [6.07, 6.45) is -0.683. The maximum Gasteiger partial charge on any atom is 0.321 e. The van der Waals surface area contributed by atoms with Crippen molar-refractivity contribution in [3.8, 4) is 0 Å². The van der Waals surface area contributed by atoms with Crippen molar-refractivity contribution >= 4 is 29.7 Å². The normalized spacial score (nSPS) is 12.2. The van der Waals surface area contributed by atoms with Crippen molar-refractivity contribution in [3.05, 3.63) is 0 Å². The number of carbonyl (C=O) groups is 5. The van der Waals surface area contributed by atoms with Gasteiger partial charge in [0.25, 0.3) is 0 Å². The van der Waals surface area contributed by atoms with Crippen molar-refractivity contribution in [1.29, 1.82) is 0 Å². The maximum absolute atomic E-state index is 10.4. The van der Waals surface area contributed by atoms with Crippen molar-refractivity contribution in [3.63, 3.8) is 0 Å². The first-order chi connectivity index (χ1) is 9.97. The van der Waals surface area contributed by atoms with Gasteiger partial charge in [0.2, 0.25) is 17.7 Å². The fraction of sp³-hybridized carbons (Fsp3) is 0.500. The molecule has 0 aromatic rings. The Labute approximate surface area is 124 Å². The van der Waals surface area contributed by atoms with Gasteiger partial charge in [0.15, 0.2) is 0 Å². The Morgan fingerprint density at radius 1 is 0.818 bits per heavy atom. The highest BCUT2D eigenvalue weighted by Gasteiger charge is 2.19. The molecule has 0 fully saturated rings. The first kappa shape index (κ1) is 21.6. The fourth-order valence-corrected chi connectivity index (χ4v) is 0.976. The Bertz CT molecular complexity index is 439. The number of hydrogen-bond acceptors (Lipinski definition) is 7. The average Bonchev–Trinajstić information content (AvgIpc) is 2.33. The van der Waals surface area contributed by atoms with Gasteiger partial charge in [-0.3, -0.25) is 29.3 Å². The Kier molecular flexibility index (Phi) is 10.8. The van der Waals surface area contributed by atoms with Crippen LogP contribution in [0.5, 0.6) is 0 Å². The van der Waals surface area contributed by atoms with Gasteiger partial charge in [0, 0.05) is 0 Å². The van der Waals surface area contributed by atoms with Gasteiger partial charge in [0.05, 0.1) is 19.4 Å². The summed E-state index contributed by atoms with van der Waals surface area (Å²) in [7, 11) is 0. The van der Waals surface area contributed by atoms with Crippen LogP contribution in [0.2, 0.25) is 0 Å². The lowest BCUT2D eigenvalue weighted by atomic mass is 10.2. The fourth-order valence-electron chi connectivity index (χ4n) is 0.976. The molecule has 12 heteroatoms. The summed E-state index contributed by atoms with van der Waals surface area (Å²) in [4.78, 5) is 50.9. The number of nitrogens with two attached hydrogens (primary N) is 4. The van der Waals surface area contributed by atoms with Gasteiger partial charge in [-0.2, -0.15) is 0 Å². The lowest BCUT2D eigenvalue weighted by molar-refractivity contribution is -0.141. The molecular formula is C10H19N5O7. The van der Waals surface area contributed by atoms with E-state index >= 15 is 0 Å². The molecular weight excluding hydrogens is 302 g/mol. The van der Waals surface area contributed by atoms with Crippen LogP contribution in [0.25, 0.3) is 0 Å². The van der Waals surface area contributed by atoms with Crippen LogP contribution in [0.3, 0.4) is 0 Å². The molecule has 3 amide bonds. The number of carboxylic acid groups (broad SMARTS) is 2. The predicted octanol–water partition coefficient (Wildman–Crippen LogP) is -4.34. The third-order valence-corrected chi connectivity index (χ3v) is 1.96. The molecule has 2 atom stereocenters. The molecule has 0 aromatic carbocycles. The average molecular weight is 321 g/mol. The van der Waals surface area contributed by atoms with Crippen LogP contribution in [0.1, 0.15) is 12.8 Å². The van der Waals surface area contributed by atoms with E-state index in [1.807, 2.05) is 0 Å². The molecule has 0 unspecified atom stereocenters. The Morgan fingerprint density at radius 3 is 1.50 bits per heavy atom. The van der Waals surface area contributed by atoms with Crippen molar-refractivity contribution in [1.82, 2.24) is 5.32 Å². The topological polar surface area (TPSA) is 242 Å². The van der Waals surface area contributed by atoms with Crippen LogP contribution in [-0.2, 0) is 24.0 Å². The minimum atomic E-state index is -1.25. The van der Waals surface area contributed by atoms with Crippen molar-refractivity contribution in [2.75, 3.05) is 6.54 Å². The van der Waals surface area contributed by atoms with Crippen LogP contribution in [-0.4, -0.2) is 58.5 Å². The summed E-state index contributed by atoms with van der Waals surface area (Å²) in [5.41, 5.74) is 19.1. The van der Waals surface area contributed by atoms with E-state index in [2.05, 4.69) is 11.1 Å². The monoisotopic (exact) mass is 321 g/mol. The molecule has 0 saturated carbocycles. The second-order valence-corrected chi connectivity index (χ2v) is 4.02. The second kappa shape index (κ2) is 11.0. The highest BCUT2D eigenvalue weighted by atomic mass is 16.4. The zero-order chi connectivity index (χ0) is 17.9. The van der Waals surface area contributed by atoms with E-state index in [0.717, 1.165) is 0 Å². The number of hydrogen-bond donors (Lipinski definition) is 7. The van der Waals surface area contributed by atoms with E-state index in [-0.39, 0.29) is 19.4 Å². The van der Waals surface area contributed by atoms with E-state index in [0.29, 0.717) is 0 Å². The summed E-state index contributed by atoms with van der Waals surface area (Å²) in [5.74, 6) is -4.63. The zero-order valence-corrected chi connectivity index (χ0v) is 11.5. The molecule has 0 rings (SSSR count). The van der Waals surface area contributed by atoms with E-state index in [9.17, 15) is 24.0 Å². The van der Waals surface area contributed by atoms with Crippen LogP contribution in [0.15, 0.2) is 0 Å². The van der Waals surface area contributed by atoms with Crippen molar-refractivity contribution < 1.29 is 34.2 Å². The molecule has 0 aliphatic heterocycles. The van der Waals surface area contributed by atoms with Crippen LogP contribution >= 0.6 is 0 Å². The van der Waals surface area contributed by atoms with Gasteiger partial charge in [0.1, 0.15) is 12.1 Å². The van der Waals surface area contributed by atoms with E-state index in [1.165, 1.54) is 0 Å². The Morgan fingerprint density at radius 2 is 1.27 bits per heavy atom.